The van der Waals surface area contributed by atoms with Crippen LogP contribution in [0.4, 0.5) is 0 Å². The quantitative estimate of drug-likeness (QED) is 0.385. The van der Waals surface area contributed by atoms with E-state index in [-0.39, 0.29) is 21.5 Å². The number of rotatable bonds is 0. The van der Waals surface area contributed by atoms with E-state index < -0.39 is 22.2 Å². The summed E-state index contributed by atoms with van der Waals surface area (Å²) < 4.78 is 1.94. The van der Waals surface area contributed by atoms with Crippen molar-refractivity contribution >= 4 is 37.5 Å². The van der Waals surface area contributed by atoms with E-state index in [9.17, 15) is 19.2 Å². The van der Waals surface area contributed by atoms with Gasteiger partial charge in [-0.15, -0.1) is 0 Å². The van der Waals surface area contributed by atoms with Crippen molar-refractivity contribution < 1.29 is 0 Å². The molecular formula is C10H6B2N2O4. The summed E-state index contributed by atoms with van der Waals surface area (Å²) in [5.41, 5.74) is -1.81. The summed E-state index contributed by atoms with van der Waals surface area (Å²) in [5.74, 6) is 0. The Morgan fingerprint density at radius 1 is 0.611 bits per heavy atom. The normalized spacial score (nSPS) is 11.6. The molecule has 0 fully saturated rings. The summed E-state index contributed by atoms with van der Waals surface area (Å²) in [6, 6.07) is 2.66. The molecule has 0 aliphatic carbocycles. The Kier molecular flexibility index (Phi) is 1.85. The van der Waals surface area contributed by atoms with Gasteiger partial charge < -0.3 is 8.96 Å². The number of nitrogens with zero attached hydrogens (tertiary/aromatic N) is 2. The molecule has 0 saturated carbocycles. The summed E-state index contributed by atoms with van der Waals surface area (Å²) in [5, 5.41) is 0.714. The molecule has 1 aromatic carbocycles. The molecular weight excluding hydrogens is 234 g/mol. The molecule has 6 nitrogen and oxygen atoms in total. The van der Waals surface area contributed by atoms with E-state index in [0.29, 0.717) is 0 Å². The third-order valence-electron chi connectivity index (χ3n) is 3.30. The van der Waals surface area contributed by atoms with E-state index in [4.69, 9.17) is 0 Å². The van der Waals surface area contributed by atoms with Crippen molar-refractivity contribution in [1.82, 2.24) is 8.96 Å². The standard InChI is InChI=1S/C10H6B2N2O4/c11-13-7(15)3-1-4-6(2-5(3)9(13)17)10(18)14(12)8(4)16/h1-2H,11-12H2. The van der Waals surface area contributed by atoms with Gasteiger partial charge in [0.25, 0.3) is 0 Å². The highest BCUT2D eigenvalue weighted by atomic mass is 16.2. The summed E-state index contributed by atoms with van der Waals surface area (Å²) in [6.07, 6.45) is 0. The van der Waals surface area contributed by atoms with Gasteiger partial charge in [0.15, 0.2) is 0 Å². The lowest BCUT2D eigenvalue weighted by Gasteiger charge is -1.86. The predicted molar refractivity (Wildman–Crippen MR) is 72.8 cm³/mol. The average molecular weight is 240 g/mol. The average Bonchev–Trinajstić information content (AvgIpc) is 2.71. The fourth-order valence-corrected chi connectivity index (χ4v) is 2.21. The number of aromatic nitrogens is 2. The van der Waals surface area contributed by atoms with Crippen LogP contribution in [0.15, 0.2) is 31.3 Å². The highest BCUT2D eigenvalue weighted by molar-refractivity contribution is 6.11. The molecule has 3 aromatic rings. The molecule has 0 N–H and O–H groups in total. The number of hydrogen-bond donors (Lipinski definition) is 0. The molecule has 0 aliphatic heterocycles. The van der Waals surface area contributed by atoms with E-state index in [1.54, 1.807) is 0 Å². The second-order valence-electron chi connectivity index (χ2n) is 4.28. The van der Waals surface area contributed by atoms with Crippen LogP contribution < -0.4 is 22.2 Å². The molecule has 3 rings (SSSR count). The fraction of sp³-hybridized carbons (Fsp3) is 0. The second-order valence-corrected chi connectivity index (χ2v) is 4.28. The highest BCUT2D eigenvalue weighted by Gasteiger charge is 2.16. The van der Waals surface area contributed by atoms with Crippen LogP contribution in [0.3, 0.4) is 0 Å². The summed E-state index contributed by atoms with van der Waals surface area (Å²) in [7, 11) is 2.73. The van der Waals surface area contributed by atoms with Gasteiger partial charge in [-0.3, -0.25) is 19.2 Å². The van der Waals surface area contributed by atoms with E-state index in [2.05, 4.69) is 0 Å². The van der Waals surface area contributed by atoms with Crippen LogP contribution in [0.25, 0.3) is 21.5 Å². The number of fused-ring (bicyclic) bond motifs is 2. The van der Waals surface area contributed by atoms with Crippen molar-refractivity contribution in [2.24, 2.45) is 0 Å². The maximum Gasteiger partial charge on any atom is 0.248 e. The van der Waals surface area contributed by atoms with Crippen LogP contribution in [0.1, 0.15) is 0 Å². The van der Waals surface area contributed by atoms with Gasteiger partial charge in [-0.1, -0.05) is 0 Å². The molecule has 2 heterocycles. The SMILES string of the molecule is Bn1c(=O)c2cc3c(=O)n(B)c(=O)c3cc2c1=O. The van der Waals surface area contributed by atoms with Crippen molar-refractivity contribution in [2.75, 3.05) is 0 Å². The van der Waals surface area contributed by atoms with Crippen LogP contribution in [0, 0.1) is 0 Å². The van der Waals surface area contributed by atoms with Gasteiger partial charge in [-0.2, -0.15) is 0 Å². The number of hydrogen-bond acceptors (Lipinski definition) is 4. The first-order valence-electron chi connectivity index (χ1n) is 5.26. The lowest BCUT2D eigenvalue weighted by molar-refractivity contribution is 1.13. The Hall–Kier alpha value is -2.37. The Morgan fingerprint density at radius 2 is 0.833 bits per heavy atom. The molecule has 0 atom stereocenters. The highest BCUT2D eigenvalue weighted by Crippen LogP contribution is 2.13. The third kappa shape index (κ3) is 1.04. The van der Waals surface area contributed by atoms with Crippen LogP contribution in [-0.2, 0) is 0 Å². The third-order valence-corrected chi connectivity index (χ3v) is 3.30. The molecule has 0 saturated heterocycles. The van der Waals surface area contributed by atoms with Gasteiger partial charge in [0.2, 0.25) is 38.2 Å². The fourth-order valence-electron chi connectivity index (χ4n) is 2.21. The first kappa shape index (κ1) is 10.8. The van der Waals surface area contributed by atoms with Crippen LogP contribution in [0.2, 0.25) is 0 Å². The molecule has 0 spiro atoms. The summed E-state index contributed by atoms with van der Waals surface area (Å²) in [6.45, 7) is 0. The zero-order chi connectivity index (χ0) is 13.2. The topological polar surface area (TPSA) is 78.1 Å². The zero-order valence-electron chi connectivity index (χ0n) is 9.68. The zero-order valence-corrected chi connectivity index (χ0v) is 9.68. The molecule has 86 valence electrons. The molecule has 0 bridgehead atoms. The predicted octanol–water partition coefficient (Wildman–Crippen LogP) is -3.30. The first-order valence-corrected chi connectivity index (χ1v) is 5.26. The number of benzene rings is 1. The van der Waals surface area contributed by atoms with Crippen LogP contribution in [0.5, 0.6) is 0 Å². The lowest BCUT2D eigenvalue weighted by Crippen LogP contribution is -2.23. The molecule has 2 aromatic heterocycles. The van der Waals surface area contributed by atoms with Crippen LogP contribution in [-0.4, -0.2) is 24.9 Å². The van der Waals surface area contributed by atoms with Crippen molar-refractivity contribution in [3.05, 3.63) is 53.5 Å². The van der Waals surface area contributed by atoms with Gasteiger partial charge in [-0.25, -0.2) is 0 Å². The summed E-state index contributed by atoms with van der Waals surface area (Å²) in [4.78, 5) is 47.1. The van der Waals surface area contributed by atoms with E-state index >= 15 is 0 Å². The van der Waals surface area contributed by atoms with Gasteiger partial charge in [0.05, 0.1) is 21.5 Å². The molecule has 0 amide bonds. The maximum atomic E-state index is 11.8. The first-order chi connectivity index (χ1) is 8.43. The van der Waals surface area contributed by atoms with E-state index in [0.717, 1.165) is 8.96 Å². The molecule has 8 heteroatoms. The second kappa shape index (κ2) is 3.10. The Bertz CT molecular complexity index is 862. The molecule has 0 radical (unpaired) electrons. The lowest BCUT2D eigenvalue weighted by atomic mass is 10.1. The van der Waals surface area contributed by atoms with Gasteiger partial charge in [-0.05, 0) is 12.1 Å². The Balaban J connectivity index is 2.78. The van der Waals surface area contributed by atoms with Gasteiger partial charge in [0, 0.05) is 0 Å². The minimum Gasteiger partial charge on any atom is -0.328 e. The largest absolute Gasteiger partial charge is 0.328 e. The van der Waals surface area contributed by atoms with E-state index in [1.807, 2.05) is 0 Å². The minimum absolute atomic E-state index is 0.178. The van der Waals surface area contributed by atoms with Crippen molar-refractivity contribution in [3.63, 3.8) is 0 Å². The van der Waals surface area contributed by atoms with Crippen molar-refractivity contribution in [1.29, 1.82) is 0 Å². The molecule has 0 aliphatic rings. The van der Waals surface area contributed by atoms with Crippen molar-refractivity contribution in [3.8, 4) is 0 Å². The van der Waals surface area contributed by atoms with Gasteiger partial charge >= 0.3 is 0 Å². The van der Waals surface area contributed by atoms with Gasteiger partial charge in [0.1, 0.15) is 0 Å². The van der Waals surface area contributed by atoms with Crippen molar-refractivity contribution in [2.45, 2.75) is 0 Å². The Labute approximate surface area is 101 Å². The maximum absolute atomic E-state index is 11.8. The summed E-state index contributed by atoms with van der Waals surface area (Å²) >= 11 is 0. The minimum atomic E-state index is -0.451. The Morgan fingerprint density at radius 3 is 1.06 bits per heavy atom. The monoisotopic (exact) mass is 240 g/mol. The smallest absolute Gasteiger partial charge is 0.248 e. The van der Waals surface area contributed by atoms with Crippen LogP contribution >= 0.6 is 0 Å². The van der Waals surface area contributed by atoms with E-state index in [1.165, 1.54) is 28.1 Å². The molecule has 18 heavy (non-hydrogen) atoms. The molecule has 0 unspecified atom stereocenters.